The molecule has 0 unspecified atom stereocenters. The summed E-state index contributed by atoms with van der Waals surface area (Å²) >= 11 is 1.42. The average Bonchev–Trinajstić information content (AvgIpc) is 3.06. The molecule has 2 aromatic rings. The van der Waals surface area contributed by atoms with Crippen LogP contribution in [-0.4, -0.2) is 29.9 Å². The zero-order valence-electron chi connectivity index (χ0n) is 11.4. The molecule has 112 valence electrons. The van der Waals surface area contributed by atoms with Gasteiger partial charge in [-0.15, -0.1) is 11.3 Å². The summed E-state index contributed by atoms with van der Waals surface area (Å²) in [5, 5.41) is 12.5. The number of aromatic nitrogens is 2. The maximum absolute atomic E-state index is 12.0. The normalized spacial score (nSPS) is 11.1. The van der Waals surface area contributed by atoms with E-state index in [9.17, 15) is 8.42 Å². The number of aryl methyl sites for hydroxylation is 1. The van der Waals surface area contributed by atoms with Crippen LogP contribution >= 0.6 is 11.3 Å². The molecule has 2 aromatic heterocycles. The van der Waals surface area contributed by atoms with Crippen LogP contribution in [0.15, 0.2) is 29.4 Å². The summed E-state index contributed by atoms with van der Waals surface area (Å²) in [5.74, 6) is 5.74. The minimum atomic E-state index is -3.55. The number of nitrogens with one attached hydrogen (secondary N) is 1. The molecular formula is C13H15N3O3S2. The van der Waals surface area contributed by atoms with Gasteiger partial charge in [-0.05, 0) is 12.1 Å². The molecule has 21 heavy (non-hydrogen) atoms. The highest BCUT2D eigenvalue weighted by Gasteiger charge is 2.15. The Labute approximate surface area is 127 Å². The molecule has 0 radical (unpaired) electrons. The molecule has 8 heteroatoms. The Morgan fingerprint density at radius 2 is 2.29 bits per heavy atom. The van der Waals surface area contributed by atoms with Gasteiger partial charge in [-0.25, -0.2) is 13.1 Å². The molecule has 6 nitrogen and oxygen atoms in total. The molecule has 0 fully saturated rings. The van der Waals surface area contributed by atoms with Crippen molar-refractivity contribution in [3.8, 4) is 11.8 Å². The van der Waals surface area contributed by atoms with Crippen molar-refractivity contribution in [3.05, 3.63) is 34.3 Å². The van der Waals surface area contributed by atoms with E-state index in [0.717, 1.165) is 9.75 Å². The van der Waals surface area contributed by atoms with E-state index < -0.39 is 10.0 Å². The molecule has 0 aliphatic carbocycles. The molecule has 2 N–H and O–H groups in total. The first kappa shape index (κ1) is 15.7. The predicted molar refractivity (Wildman–Crippen MR) is 80.1 cm³/mol. The molecule has 0 aliphatic rings. The summed E-state index contributed by atoms with van der Waals surface area (Å²) in [6.45, 7) is 0.250. The first-order chi connectivity index (χ1) is 10.0. The van der Waals surface area contributed by atoms with E-state index in [1.165, 1.54) is 28.4 Å². The van der Waals surface area contributed by atoms with Gasteiger partial charge in [-0.3, -0.25) is 4.68 Å². The largest absolute Gasteiger partial charge is 0.395 e. The van der Waals surface area contributed by atoms with E-state index >= 15 is 0 Å². The number of hydrogen-bond donors (Lipinski definition) is 2. The molecule has 0 spiro atoms. The highest BCUT2D eigenvalue weighted by atomic mass is 32.2. The van der Waals surface area contributed by atoms with Crippen LogP contribution in [0.4, 0.5) is 0 Å². The van der Waals surface area contributed by atoms with Gasteiger partial charge in [0.25, 0.3) is 0 Å². The van der Waals surface area contributed by atoms with Crippen molar-refractivity contribution >= 4 is 21.4 Å². The van der Waals surface area contributed by atoms with Gasteiger partial charge in [0.2, 0.25) is 10.0 Å². The van der Waals surface area contributed by atoms with Crippen LogP contribution in [0.5, 0.6) is 0 Å². The molecule has 0 aromatic carbocycles. The molecular weight excluding hydrogens is 310 g/mol. The summed E-state index contributed by atoms with van der Waals surface area (Å²) in [6.07, 6.45) is 3.19. The van der Waals surface area contributed by atoms with E-state index in [-0.39, 0.29) is 18.0 Å². The van der Waals surface area contributed by atoms with Gasteiger partial charge in [-0.2, -0.15) is 5.10 Å². The van der Waals surface area contributed by atoms with Crippen LogP contribution in [-0.2, 0) is 23.6 Å². The topological polar surface area (TPSA) is 84.2 Å². The molecule has 0 saturated carbocycles. The van der Waals surface area contributed by atoms with E-state index in [2.05, 4.69) is 21.7 Å². The summed E-state index contributed by atoms with van der Waals surface area (Å²) in [6, 6.07) is 3.67. The van der Waals surface area contributed by atoms with Gasteiger partial charge in [0.05, 0.1) is 17.7 Å². The SMILES string of the molecule is Cn1cc(S(=O)(=O)NCc2ccc(C#CCCO)s2)cn1. The lowest BCUT2D eigenvalue weighted by atomic mass is 10.4. The molecule has 2 rings (SSSR count). The number of aliphatic hydroxyl groups is 1. The fourth-order valence-corrected chi connectivity index (χ4v) is 3.44. The third-order valence-electron chi connectivity index (χ3n) is 2.54. The number of hydrogen-bond acceptors (Lipinski definition) is 5. The maximum Gasteiger partial charge on any atom is 0.244 e. The van der Waals surface area contributed by atoms with Crippen molar-refractivity contribution in [3.63, 3.8) is 0 Å². The van der Waals surface area contributed by atoms with Crippen molar-refractivity contribution in [1.82, 2.24) is 14.5 Å². The lowest BCUT2D eigenvalue weighted by Crippen LogP contribution is -2.22. The highest BCUT2D eigenvalue weighted by molar-refractivity contribution is 7.89. The fraction of sp³-hybridized carbons (Fsp3) is 0.308. The first-order valence-corrected chi connectivity index (χ1v) is 8.48. The molecule has 0 bridgehead atoms. The number of thiophene rings is 1. The third-order valence-corrected chi connectivity index (χ3v) is 4.89. The number of aliphatic hydroxyl groups excluding tert-OH is 1. The Kier molecular flexibility index (Phi) is 5.14. The van der Waals surface area contributed by atoms with Gasteiger partial charge < -0.3 is 5.11 Å². The summed E-state index contributed by atoms with van der Waals surface area (Å²) < 4.78 is 28.0. The second-order valence-electron chi connectivity index (χ2n) is 4.22. The predicted octanol–water partition coefficient (Wildman–Crippen LogP) is 0.694. The Bertz CT molecular complexity index is 766. The van der Waals surface area contributed by atoms with E-state index in [4.69, 9.17) is 5.11 Å². The molecule has 0 atom stereocenters. The van der Waals surface area contributed by atoms with Crippen LogP contribution < -0.4 is 4.72 Å². The smallest absolute Gasteiger partial charge is 0.244 e. The van der Waals surface area contributed by atoms with Gasteiger partial charge in [0, 0.05) is 31.1 Å². The van der Waals surface area contributed by atoms with Gasteiger partial charge in [0.1, 0.15) is 4.90 Å². The minimum Gasteiger partial charge on any atom is -0.395 e. The summed E-state index contributed by atoms with van der Waals surface area (Å²) in [5.41, 5.74) is 0. The Hall–Kier alpha value is -1.66. The third kappa shape index (κ3) is 4.41. The molecule has 0 aliphatic heterocycles. The van der Waals surface area contributed by atoms with Crippen LogP contribution in [0.25, 0.3) is 0 Å². The Morgan fingerprint density at radius 1 is 1.48 bits per heavy atom. The zero-order chi connectivity index (χ0) is 15.3. The quantitative estimate of drug-likeness (QED) is 0.793. The monoisotopic (exact) mass is 325 g/mol. The zero-order valence-corrected chi connectivity index (χ0v) is 13.0. The van der Waals surface area contributed by atoms with Crippen molar-refractivity contribution in [1.29, 1.82) is 0 Å². The number of sulfonamides is 1. The van der Waals surface area contributed by atoms with E-state index in [1.807, 2.05) is 12.1 Å². The van der Waals surface area contributed by atoms with Crippen molar-refractivity contribution in [2.45, 2.75) is 17.9 Å². The summed E-state index contributed by atoms with van der Waals surface area (Å²) in [7, 11) is -1.88. The minimum absolute atomic E-state index is 0.0378. The van der Waals surface area contributed by atoms with Crippen LogP contribution in [0, 0.1) is 11.8 Å². The Morgan fingerprint density at radius 3 is 2.95 bits per heavy atom. The lowest BCUT2D eigenvalue weighted by Gasteiger charge is -2.02. The van der Waals surface area contributed by atoms with Crippen molar-refractivity contribution in [2.75, 3.05) is 6.61 Å². The second kappa shape index (κ2) is 6.87. The maximum atomic E-state index is 12.0. The van der Waals surface area contributed by atoms with E-state index in [1.54, 1.807) is 7.05 Å². The first-order valence-electron chi connectivity index (χ1n) is 6.18. The van der Waals surface area contributed by atoms with Gasteiger partial charge in [-0.1, -0.05) is 11.8 Å². The fourth-order valence-electron chi connectivity index (χ4n) is 1.53. The Balaban J connectivity index is 1.99. The van der Waals surface area contributed by atoms with Crippen LogP contribution in [0.2, 0.25) is 0 Å². The van der Waals surface area contributed by atoms with Crippen LogP contribution in [0.3, 0.4) is 0 Å². The standard InChI is InChI=1S/C13H15N3O3S2/c1-16-10-13(9-14-16)21(18,19)15-8-12-6-5-11(20-12)4-2-3-7-17/h5-6,9-10,15,17H,3,7-8H2,1H3. The second-order valence-corrected chi connectivity index (χ2v) is 7.15. The van der Waals surface area contributed by atoms with Crippen LogP contribution in [0.1, 0.15) is 16.2 Å². The van der Waals surface area contributed by atoms with Crippen molar-refractivity contribution in [2.24, 2.45) is 7.05 Å². The summed E-state index contributed by atoms with van der Waals surface area (Å²) in [4.78, 5) is 1.86. The van der Waals surface area contributed by atoms with E-state index in [0.29, 0.717) is 6.42 Å². The molecule has 2 heterocycles. The number of rotatable bonds is 5. The van der Waals surface area contributed by atoms with Gasteiger partial charge in [0.15, 0.2) is 0 Å². The highest BCUT2D eigenvalue weighted by Crippen LogP contribution is 2.16. The van der Waals surface area contributed by atoms with Crippen molar-refractivity contribution < 1.29 is 13.5 Å². The number of nitrogens with zero attached hydrogens (tertiary/aromatic N) is 2. The average molecular weight is 325 g/mol. The lowest BCUT2D eigenvalue weighted by molar-refractivity contribution is 0.305. The molecule has 0 amide bonds. The van der Waals surface area contributed by atoms with Gasteiger partial charge >= 0.3 is 0 Å². The molecule has 0 saturated heterocycles.